The predicted molar refractivity (Wildman–Crippen MR) is 70.0 cm³/mol. The lowest BCUT2D eigenvalue weighted by atomic mass is 10.0. The maximum Gasteiger partial charge on any atom is 0.330 e. The molecule has 0 bridgehead atoms. The summed E-state index contributed by atoms with van der Waals surface area (Å²) < 4.78 is 0.679. The number of rotatable bonds is 3. The molecule has 19 heavy (non-hydrogen) atoms. The normalized spacial score (nSPS) is 20.9. The Morgan fingerprint density at radius 2 is 2.05 bits per heavy atom. The van der Waals surface area contributed by atoms with Crippen LogP contribution in [0.2, 0.25) is 4.34 Å². The number of nitrogens with one attached hydrogen (secondary N) is 1. The van der Waals surface area contributed by atoms with Crippen molar-refractivity contribution in [3.63, 3.8) is 0 Å². The van der Waals surface area contributed by atoms with Crippen molar-refractivity contribution >= 4 is 40.8 Å². The first-order valence-corrected chi connectivity index (χ1v) is 7.14. The van der Waals surface area contributed by atoms with Crippen LogP contribution >= 0.6 is 22.9 Å². The second kappa shape index (κ2) is 4.31. The molecule has 1 spiro atoms. The van der Waals surface area contributed by atoms with E-state index in [-0.39, 0.29) is 12.5 Å². The lowest BCUT2D eigenvalue weighted by Crippen LogP contribution is -2.59. The second-order valence-corrected chi connectivity index (χ2v) is 6.55. The molecule has 1 N–H and O–H groups in total. The van der Waals surface area contributed by atoms with Crippen LogP contribution in [0.5, 0.6) is 0 Å². The van der Waals surface area contributed by atoms with Gasteiger partial charge in [0, 0.05) is 17.8 Å². The maximum atomic E-state index is 12.2. The molecule has 3 rings (SSSR count). The molecule has 0 radical (unpaired) electrons. The SMILES string of the molecule is O=C1NC(=O)C2(CC2)C(=O)N1CCc1ccc(Cl)s1. The minimum absolute atomic E-state index is 0.274. The lowest BCUT2D eigenvalue weighted by molar-refractivity contribution is -0.144. The molecule has 1 aliphatic heterocycles. The zero-order chi connectivity index (χ0) is 13.6. The van der Waals surface area contributed by atoms with Gasteiger partial charge in [0.05, 0.1) is 4.34 Å². The highest BCUT2D eigenvalue weighted by atomic mass is 35.5. The van der Waals surface area contributed by atoms with Gasteiger partial charge in [-0.3, -0.25) is 19.8 Å². The van der Waals surface area contributed by atoms with Crippen molar-refractivity contribution in [2.24, 2.45) is 5.41 Å². The second-order valence-electron chi connectivity index (χ2n) is 4.75. The predicted octanol–water partition coefficient (Wildman–Crippen LogP) is 1.80. The van der Waals surface area contributed by atoms with Crippen molar-refractivity contribution < 1.29 is 14.4 Å². The van der Waals surface area contributed by atoms with Crippen LogP contribution in [0.4, 0.5) is 4.79 Å². The third-order valence-electron chi connectivity index (χ3n) is 3.52. The highest BCUT2D eigenvalue weighted by Gasteiger charge is 2.61. The molecule has 5 nitrogen and oxygen atoms in total. The summed E-state index contributed by atoms with van der Waals surface area (Å²) in [6.07, 6.45) is 1.62. The van der Waals surface area contributed by atoms with E-state index in [0.29, 0.717) is 23.6 Å². The average Bonchev–Trinajstić information content (AvgIpc) is 3.06. The van der Waals surface area contributed by atoms with Gasteiger partial charge in [0.2, 0.25) is 11.8 Å². The summed E-state index contributed by atoms with van der Waals surface area (Å²) >= 11 is 7.25. The van der Waals surface area contributed by atoms with Crippen molar-refractivity contribution in [1.29, 1.82) is 0 Å². The van der Waals surface area contributed by atoms with Gasteiger partial charge in [-0.2, -0.15) is 0 Å². The van der Waals surface area contributed by atoms with Crippen LogP contribution in [0.15, 0.2) is 12.1 Å². The Kier molecular flexibility index (Phi) is 2.87. The standard InChI is InChI=1S/C12H11ClN2O3S/c13-8-2-1-7(19-8)3-6-15-10(17)12(4-5-12)9(16)14-11(15)18/h1-2H,3-6H2,(H,14,16,18). The van der Waals surface area contributed by atoms with E-state index in [0.717, 1.165) is 9.78 Å². The molecule has 4 amide bonds. The fourth-order valence-corrected chi connectivity index (χ4v) is 3.29. The van der Waals surface area contributed by atoms with Gasteiger partial charge in [-0.25, -0.2) is 4.79 Å². The number of hydrogen-bond donors (Lipinski definition) is 1. The summed E-state index contributed by atoms with van der Waals surface area (Å²) in [7, 11) is 0. The summed E-state index contributed by atoms with van der Waals surface area (Å²) in [6.45, 7) is 0.274. The number of hydrogen-bond acceptors (Lipinski definition) is 4. The Morgan fingerprint density at radius 3 is 2.63 bits per heavy atom. The number of amides is 4. The number of halogens is 1. The Bertz CT molecular complexity index is 579. The maximum absolute atomic E-state index is 12.2. The van der Waals surface area contributed by atoms with E-state index in [2.05, 4.69) is 5.32 Å². The van der Waals surface area contributed by atoms with E-state index in [1.807, 2.05) is 6.07 Å². The molecule has 0 atom stereocenters. The number of carbonyl (C=O) groups excluding carboxylic acids is 3. The smallest absolute Gasteiger partial charge is 0.277 e. The third kappa shape index (κ3) is 2.04. The van der Waals surface area contributed by atoms with Gasteiger partial charge in [0.15, 0.2) is 0 Å². The van der Waals surface area contributed by atoms with Crippen molar-refractivity contribution in [2.45, 2.75) is 19.3 Å². The fourth-order valence-electron chi connectivity index (χ4n) is 2.21. The molecule has 0 unspecified atom stereocenters. The summed E-state index contributed by atoms with van der Waals surface area (Å²) in [5.74, 6) is -0.804. The third-order valence-corrected chi connectivity index (χ3v) is 4.81. The monoisotopic (exact) mass is 298 g/mol. The van der Waals surface area contributed by atoms with E-state index < -0.39 is 17.4 Å². The van der Waals surface area contributed by atoms with Crippen LogP contribution in [0.25, 0.3) is 0 Å². The van der Waals surface area contributed by atoms with Gasteiger partial charge >= 0.3 is 6.03 Å². The van der Waals surface area contributed by atoms with Gasteiger partial charge < -0.3 is 0 Å². The largest absolute Gasteiger partial charge is 0.330 e. The highest BCUT2D eigenvalue weighted by molar-refractivity contribution is 7.16. The fraction of sp³-hybridized carbons (Fsp3) is 0.417. The zero-order valence-electron chi connectivity index (χ0n) is 9.94. The van der Waals surface area contributed by atoms with E-state index in [1.165, 1.54) is 11.3 Å². The van der Waals surface area contributed by atoms with E-state index in [1.54, 1.807) is 6.07 Å². The molecular weight excluding hydrogens is 288 g/mol. The lowest BCUT2D eigenvalue weighted by Gasteiger charge is -2.30. The van der Waals surface area contributed by atoms with Gasteiger partial charge in [0.1, 0.15) is 5.41 Å². The van der Waals surface area contributed by atoms with Crippen molar-refractivity contribution in [3.05, 3.63) is 21.3 Å². The van der Waals surface area contributed by atoms with Crippen LogP contribution in [-0.4, -0.2) is 29.3 Å². The first kappa shape index (κ1) is 12.6. The Balaban J connectivity index is 1.71. The van der Waals surface area contributed by atoms with Crippen LogP contribution in [-0.2, 0) is 16.0 Å². The van der Waals surface area contributed by atoms with E-state index >= 15 is 0 Å². The average molecular weight is 299 g/mol. The molecule has 1 aliphatic carbocycles. The van der Waals surface area contributed by atoms with Crippen LogP contribution in [0.3, 0.4) is 0 Å². The van der Waals surface area contributed by atoms with Gasteiger partial charge in [0.25, 0.3) is 0 Å². The van der Waals surface area contributed by atoms with E-state index in [9.17, 15) is 14.4 Å². The number of nitrogens with zero attached hydrogens (tertiary/aromatic N) is 1. The summed E-state index contributed by atoms with van der Waals surface area (Å²) in [6, 6.07) is 3.04. The van der Waals surface area contributed by atoms with Crippen LogP contribution in [0.1, 0.15) is 17.7 Å². The molecule has 2 fully saturated rings. The summed E-state index contributed by atoms with van der Waals surface area (Å²) in [4.78, 5) is 37.7. The quantitative estimate of drug-likeness (QED) is 0.865. The minimum atomic E-state index is -0.957. The first-order valence-electron chi connectivity index (χ1n) is 5.94. The molecule has 100 valence electrons. The molecule has 1 aromatic rings. The molecule has 2 heterocycles. The molecule has 0 aromatic carbocycles. The van der Waals surface area contributed by atoms with Crippen LogP contribution < -0.4 is 5.32 Å². The number of barbiturate groups is 1. The molecule has 7 heteroatoms. The van der Waals surface area contributed by atoms with Crippen molar-refractivity contribution in [1.82, 2.24) is 10.2 Å². The molecule has 2 aliphatic rings. The van der Waals surface area contributed by atoms with Crippen molar-refractivity contribution in [3.8, 4) is 0 Å². The van der Waals surface area contributed by atoms with Gasteiger partial charge in [-0.15, -0.1) is 11.3 Å². The number of urea groups is 1. The zero-order valence-corrected chi connectivity index (χ0v) is 11.5. The number of carbonyl (C=O) groups is 3. The summed E-state index contributed by atoms with van der Waals surface area (Å²) in [5, 5.41) is 2.26. The number of imide groups is 2. The minimum Gasteiger partial charge on any atom is -0.277 e. The van der Waals surface area contributed by atoms with E-state index in [4.69, 9.17) is 11.6 Å². The molecule has 1 saturated carbocycles. The molecular formula is C12H11ClN2O3S. The van der Waals surface area contributed by atoms with Crippen molar-refractivity contribution in [2.75, 3.05) is 6.54 Å². The number of thiophene rings is 1. The highest BCUT2D eigenvalue weighted by Crippen LogP contribution is 2.48. The summed E-state index contributed by atoms with van der Waals surface area (Å²) in [5.41, 5.74) is -0.957. The van der Waals surface area contributed by atoms with Crippen LogP contribution in [0, 0.1) is 5.41 Å². The Morgan fingerprint density at radius 1 is 1.32 bits per heavy atom. The molecule has 1 saturated heterocycles. The van der Waals surface area contributed by atoms with Gasteiger partial charge in [-0.1, -0.05) is 11.6 Å². The Hall–Kier alpha value is -1.40. The first-order chi connectivity index (χ1) is 9.03. The Labute approximate surface area is 118 Å². The van der Waals surface area contributed by atoms with Gasteiger partial charge in [-0.05, 0) is 25.0 Å². The topological polar surface area (TPSA) is 66.5 Å². The molecule has 1 aromatic heterocycles.